The SMILES string of the molecule is CCOc1ccc(CCNC(=O)[C@H]2CCN(c3ccccc3)C2=O)cc1OCC. The van der Waals surface area contributed by atoms with Crippen LogP contribution in [0.15, 0.2) is 48.5 Å². The van der Waals surface area contributed by atoms with E-state index in [-0.39, 0.29) is 11.8 Å². The van der Waals surface area contributed by atoms with E-state index in [2.05, 4.69) is 5.32 Å². The van der Waals surface area contributed by atoms with Gasteiger partial charge in [0.15, 0.2) is 11.5 Å². The minimum atomic E-state index is -0.616. The summed E-state index contributed by atoms with van der Waals surface area (Å²) in [6.07, 6.45) is 1.19. The maximum atomic E-state index is 12.6. The second-order valence-corrected chi connectivity index (χ2v) is 6.85. The van der Waals surface area contributed by atoms with Gasteiger partial charge in [0.1, 0.15) is 5.92 Å². The number of amides is 2. The molecule has 0 aliphatic carbocycles. The van der Waals surface area contributed by atoms with Gasteiger partial charge in [0.2, 0.25) is 11.8 Å². The van der Waals surface area contributed by atoms with Crippen molar-refractivity contribution < 1.29 is 19.1 Å². The predicted octanol–water partition coefficient (Wildman–Crippen LogP) is 3.20. The summed E-state index contributed by atoms with van der Waals surface area (Å²) in [5.74, 6) is 0.481. The van der Waals surface area contributed by atoms with Crippen molar-refractivity contribution in [3.05, 3.63) is 54.1 Å². The van der Waals surface area contributed by atoms with Crippen LogP contribution in [-0.4, -0.2) is 38.1 Å². The average Bonchev–Trinajstić information content (AvgIpc) is 3.12. The molecule has 2 aromatic rings. The lowest BCUT2D eigenvalue weighted by atomic mass is 10.1. The molecule has 0 unspecified atom stereocenters. The van der Waals surface area contributed by atoms with E-state index in [1.807, 2.05) is 62.4 Å². The van der Waals surface area contributed by atoms with Crippen molar-refractivity contribution in [3.8, 4) is 11.5 Å². The lowest BCUT2D eigenvalue weighted by Crippen LogP contribution is -2.37. The summed E-state index contributed by atoms with van der Waals surface area (Å²) < 4.78 is 11.2. The van der Waals surface area contributed by atoms with Crippen LogP contribution in [-0.2, 0) is 16.0 Å². The van der Waals surface area contributed by atoms with Gasteiger partial charge in [0, 0.05) is 18.8 Å². The van der Waals surface area contributed by atoms with E-state index in [0.29, 0.717) is 44.9 Å². The number of carbonyl (C=O) groups excluding carboxylic acids is 2. The number of nitrogens with one attached hydrogen (secondary N) is 1. The van der Waals surface area contributed by atoms with Gasteiger partial charge in [-0.05, 0) is 56.5 Å². The number of para-hydroxylation sites is 1. The van der Waals surface area contributed by atoms with Crippen molar-refractivity contribution in [2.75, 3.05) is 31.2 Å². The van der Waals surface area contributed by atoms with Crippen LogP contribution in [0.4, 0.5) is 5.69 Å². The van der Waals surface area contributed by atoms with Crippen molar-refractivity contribution >= 4 is 17.5 Å². The summed E-state index contributed by atoms with van der Waals surface area (Å²) in [6.45, 7) is 6.03. The average molecular weight is 396 g/mol. The third kappa shape index (κ3) is 5.08. The van der Waals surface area contributed by atoms with Crippen molar-refractivity contribution in [2.24, 2.45) is 5.92 Å². The Morgan fingerprint density at radius 2 is 1.79 bits per heavy atom. The lowest BCUT2D eigenvalue weighted by molar-refractivity contribution is -0.132. The van der Waals surface area contributed by atoms with Crippen molar-refractivity contribution in [1.82, 2.24) is 5.32 Å². The van der Waals surface area contributed by atoms with Gasteiger partial charge in [-0.15, -0.1) is 0 Å². The Hall–Kier alpha value is -3.02. The fourth-order valence-electron chi connectivity index (χ4n) is 3.49. The number of anilines is 1. The zero-order chi connectivity index (χ0) is 20.6. The first-order valence-corrected chi connectivity index (χ1v) is 10.2. The van der Waals surface area contributed by atoms with E-state index in [0.717, 1.165) is 17.0 Å². The van der Waals surface area contributed by atoms with Gasteiger partial charge < -0.3 is 19.7 Å². The molecule has 1 saturated heterocycles. The summed E-state index contributed by atoms with van der Waals surface area (Å²) in [5, 5.41) is 2.91. The molecule has 2 amide bonds. The molecule has 0 aromatic heterocycles. The molecule has 2 aromatic carbocycles. The van der Waals surface area contributed by atoms with E-state index in [4.69, 9.17) is 9.47 Å². The molecule has 0 saturated carbocycles. The number of benzene rings is 2. The third-order valence-electron chi connectivity index (χ3n) is 4.91. The molecule has 0 radical (unpaired) electrons. The first-order chi connectivity index (χ1) is 14.1. The molecule has 1 N–H and O–H groups in total. The molecule has 29 heavy (non-hydrogen) atoms. The Morgan fingerprint density at radius 3 is 2.52 bits per heavy atom. The number of carbonyl (C=O) groups is 2. The van der Waals surface area contributed by atoms with Gasteiger partial charge in [-0.1, -0.05) is 24.3 Å². The summed E-state index contributed by atoms with van der Waals surface area (Å²) in [4.78, 5) is 26.8. The molecule has 1 fully saturated rings. The van der Waals surface area contributed by atoms with Crippen molar-refractivity contribution in [1.29, 1.82) is 0 Å². The van der Waals surface area contributed by atoms with Gasteiger partial charge in [-0.3, -0.25) is 9.59 Å². The fraction of sp³-hybridized carbons (Fsp3) is 0.391. The minimum Gasteiger partial charge on any atom is -0.490 e. The molecule has 1 atom stereocenters. The van der Waals surface area contributed by atoms with Crippen LogP contribution < -0.4 is 19.7 Å². The van der Waals surface area contributed by atoms with E-state index < -0.39 is 5.92 Å². The Morgan fingerprint density at radius 1 is 1.07 bits per heavy atom. The Kier molecular flexibility index (Phi) is 7.11. The molecule has 1 aliphatic heterocycles. The second-order valence-electron chi connectivity index (χ2n) is 6.85. The molecule has 1 aliphatic rings. The highest BCUT2D eigenvalue weighted by Crippen LogP contribution is 2.29. The number of rotatable bonds is 9. The highest BCUT2D eigenvalue weighted by atomic mass is 16.5. The van der Waals surface area contributed by atoms with Crippen LogP contribution in [0.2, 0.25) is 0 Å². The predicted molar refractivity (Wildman–Crippen MR) is 112 cm³/mol. The molecular formula is C23H28N2O4. The van der Waals surface area contributed by atoms with Crippen LogP contribution in [0.25, 0.3) is 0 Å². The quantitative estimate of drug-likeness (QED) is 0.661. The summed E-state index contributed by atoms with van der Waals surface area (Å²) >= 11 is 0. The Labute approximate surface area is 171 Å². The molecule has 6 nitrogen and oxygen atoms in total. The van der Waals surface area contributed by atoms with Crippen molar-refractivity contribution in [2.45, 2.75) is 26.7 Å². The zero-order valence-electron chi connectivity index (χ0n) is 17.0. The summed E-state index contributed by atoms with van der Waals surface area (Å²) in [6, 6.07) is 15.3. The van der Waals surface area contributed by atoms with Crippen LogP contribution in [0, 0.1) is 5.92 Å². The molecule has 3 rings (SSSR count). The van der Waals surface area contributed by atoms with Gasteiger partial charge in [-0.2, -0.15) is 0 Å². The number of hydrogen-bond acceptors (Lipinski definition) is 4. The molecule has 6 heteroatoms. The standard InChI is InChI=1S/C23H28N2O4/c1-3-28-20-11-10-17(16-21(20)29-4-2)12-14-24-22(26)19-13-15-25(23(19)27)18-8-6-5-7-9-18/h5-11,16,19H,3-4,12-15H2,1-2H3,(H,24,26)/t19-/m1/s1. The van der Waals surface area contributed by atoms with Crippen LogP contribution in [0.3, 0.4) is 0 Å². The first-order valence-electron chi connectivity index (χ1n) is 10.2. The summed E-state index contributed by atoms with van der Waals surface area (Å²) in [7, 11) is 0. The smallest absolute Gasteiger partial charge is 0.239 e. The Balaban J connectivity index is 1.53. The molecule has 0 bridgehead atoms. The first kappa shape index (κ1) is 20.7. The topological polar surface area (TPSA) is 67.9 Å². The Bertz CT molecular complexity index is 838. The highest BCUT2D eigenvalue weighted by molar-refractivity contribution is 6.09. The molecule has 154 valence electrons. The molecular weight excluding hydrogens is 368 g/mol. The fourth-order valence-corrected chi connectivity index (χ4v) is 3.49. The van der Waals surface area contributed by atoms with E-state index in [1.165, 1.54) is 0 Å². The van der Waals surface area contributed by atoms with Crippen LogP contribution in [0.5, 0.6) is 11.5 Å². The summed E-state index contributed by atoms with van der Waals surface area (Å²) in [5.41, 5.74) is 1.88. The van der Waals surface area contributed by atoms with Gasteiger partial charge in [-0.25, -0.2) is 0 Å². The van der Waals surface area contributed by atoms with Gasteiger partial charge in [0.25, 0.3) is 0 Å². The number of ether oxygens (including phenoxy) is 2. The highest BCUT2D eigenvalue weighted by Gasteiger charge is 2.37. The van der Waals surface area contributed by atoms with Crippen LogP contribution in [0.1, 0.15) is 25.8 Å². The molecule has 0 spiro atoms. The largest absolute Gasteiger partial charge is 0.490 e. The van der Waals surface area contributed by atoms with E-state index >= 15 is 0 Å². The van der Waals surface area contributed by atoms with Crippen molar-refractivity contribution in [3.63, 3.8) is 0 Å². The second kappa shape index (κ2) is 9.96. The zero-order valence-corrected chi connectivity index (χ0v) is 17.0. The normalized spacial score (nSPS) is 16.0. The minimum absolute atomic E-state index is 0.131. The lowest BCUT2D eigenvalue weighted by Gasteiger charge is -2.16. The molecule has 1 heterocycles. The number of nitrogens with zero attached hydrogens (tertiary/aromatic N) is 1. The van der Waals surface area contributed by atoms with Crippen LogP contribution >= 0.6 is 0 Å². The van der Waals surface area contributed by atoms with E-state index in [9.17, 15) is 9.59 Å². The van der Waals surface area contributed by atoms with Gasteiger partial charge in [0.05, 0.1) is 13.2 Å². The maximum Gasteiger partial charge on any atom is 0.239 e. The maximum absolute atomic E-state index is 12.6. The third-order valence-corrected chi connectivity index (χ3v) is 4.91. The van der Waals surface area contributed by atoms with E-state index in [1.54, 1.807) is 4.90 Å². The van der Waals surface area contributed by atoms with Gasteiger partial charge >= 0.3 is 0 Å². The monoisotopic (exact) mass is 396 g/mol. The number of hydrogen-bond donors (Lipinski definition) is 1.